The van der Waals surface area contributed by atoms with E-state index in [1.807, 2.05) is 6.92 Å². The van der Waals surface area contributed by atoms with Gasteiger partial charge in [0.25, 0.3) is 5.91 Å². The summed E-state index contributed by atoms with van der Waals surface area (Å²) in [7, 11) is 0. The van der Waals surface area contributed by atoms with Crippen LogP contribution in [0.5, 0.6) is 5.75 Å². The lowest BCUT2D eigenvalue weighted by Gasteiger charge is -2.21. The molecule has 4 heteroatoms. The Balaban J connectivity index is 1.60. The highest BCUT2D eigenvalue weighted by atomic mass is 19.1. The summed E-state index contributed by atoms with van der Waals surface area (Å²) in [4.78, 5) is 12.4. The lowest BCUT2D eigenvalue weighted by molar-refractivity contribution is -0.127. The van der Waals surface area contributed by atoms with Crippen molar-refractivity contribution < 1.29 is 13.9 Å². The third-order valence-corrected chi connectivity index (χ3v) is 4.73. The van der Waals surface area contributed by atoms with Crippen molar-refractivity contribution in [1.29, 1.82) is 0 Å². The average Bonchev–Trinajstić information content (AvgIpc) is 2.63. The molecule has 1 amide bonds. The quantitative estimate of drug-likeness (QED) is 0.878. The lowest BCUT2D eigenvalue weighted by Crippen LogP contribution is -2.37. The number of benzene rings is 2. The number of amides is 1. The molecule has 2 aromatic carbocycles. The predicted molar refractivity (Wildman–Crippen MR) is 96.1 cm³/mol. The summed E-state index contributed by atoms with van der Waals surface area (Å²) >= 11 is 0. The molecule has 0 spiro atoms. The Morgan fingerprint density at radius 2 is 1.72 bits per heavy atom. The molecule has 0 radical (unpaired) electrons. The zero-order valence-corrected chi connectivity index (χ0v) is 14.7. The molecule has 0 bridgehead atoms. The highest BCUT2D eigenvalue weighted by Crippen LogP contribution is 2.25. The van der Waals surface area contributed by atoms with Crippen LogP contribution in [0.3, 0.4) is 0 Å². The number of fused-ring (bicyclic) bond motifs is 1. The number of nitrogens with one attached hydrogen (secondary N) is 1. The van der Waals surface area contributed by atoms with Crippen LogP contribution in [0.1, 0.15) is 49.4 Å². The second-order valence-corrected chi connectivity index (χ2v) is 6.68. The maximum absolute atomic E-state index is 12.9. The monoisotopic (exact) mass is 341 g/mol. The normalized spacial score (nSPS) is 15.8. The van der Waals surface area contributed by atoms with Crippen molar-refractivity contribution in [1.82, 2.24) is 5.32 Å². The van der Waals surface area contributed by atoms with E-state index in [1.54, 1.807) is 6.92 Å². The van der Waals surface area contributed by atoms with Gasteiger partial charge in [-0.2, -0.15) is 0 Å². The van der Waals surface area contributed by atoms with Gasteiger partial charge in [-0.05, 0) is 80.5 Å². The standard InChI is InChI=1S/C21H24FNO2/c1-14(17-8-7-16-5-3-4-6-18(16)13-17)23-21(24)15(2)25-20-11-9-19(22)10-12-20/h7-15H,3-6H2,1-2H3,(H,23,24). The number of hydrogen-bond donors (Lipinski definition) is 1. The Hall–Kier alpha value is -2.36. The largest absolute Gasteiger partial charge is 0.481 e. The van der Waals surface area contributed by atoms with E-state index in [0.29, 0.717) is 5.75 Å². The molecule has 25 heavy (non-hydrogen) atoms. The van der Waals surface area contributed by atoms with Gasteiger partial charge in [-0.15, -0.1) is 0 Å². The Kier molecular flexibility index (Phi) is 5.37. The Bertz CT molecular complexity index is 742. The average molecular weight is 341 g/mol. The van der Waals surface area contributed by atoms with Gasteiger partial charge in [0.05, 0.1) is 6.04 Å². The fourth-order valence-corrected chi connectivity index (χ4v) is 3.21. The smallest absolute Gasteiger partial charge is 0.261 e. The van der Waals surface area contributed by atoms with Crippen molar-refractivity contribution in [2.75, 3.05) is 0 Å². The first kappa shape index (κ1) is 17.5. The molecule has 1 N–H and O–H groups in total. The van der Waals surface area contributed by atoms with Crippen LogP contribution in [0.25, 0.3) is 0 Å². The molecule has 0 fully saturated rings. The van der Waals surface area contributed by atoms with E-state index in [0.717, 1.165) is 18.4 Å². The highest BCUT2D eigenvalue weighted by molar-refractivity contribution is 5.81. The SMILES string of the molecule is CC(Oc1ccc(F)cc1)C(=O)NC(C)c1ccc2c(c1)CCCC2. The topological polar surface area (TPSA) is 38.3 Å². The Labute approximate surface area is 148 Å². The van der Waals surface area contributed by atoms with Crippen LogP contribution >= 0.6 is 0 Å². The van der Waals surface area contributed by atoms with Crippen molar-refractivity contribution in [3.63, 3.8) is 0 Å². The van der Waals surface area contributed by atoms with Crippen molar-refractivity contribution >= 4 is 5.91 Å². The maximum atomic E-state index is 12.9. The molecule has 2 atom stereocenters. The van der Waals surface area contributed by atoms with Gasteiger partial charge in [-0.1, -0.05) is 18.2 Å². The van der Waals surface area contributed by atoms with Crippen LogP contribution in [0, 0.1) is 5.82 Å². The minimum Gasteiger partial charge on any atom is -0.481 e. The number of hydrogen-bond acceptors (Lipinski definition) is 2. The highest BCUT2D eigenvalue weighted by Gasteiger charge is 2.19. The van der Waals surface area contributed by atoms with E-state index >= 15 is 0 Å². The summed E-state index contributed by atoms with van der Waals surface area (Å²) in [6.07, 6.45) is 4.12. The number of carbonyl (C=O) groups is 1. The Morgan fingerprint density at radius 3 is 2.44 bits per heavy atom. The molecule has 2 unspecified atom stereocenters. The van der Waals surface area contributed by atoms with Gasteiger partial charge >= 0.3 is 0 Å². The first-order valence-corrected chi connectivity index (χ1v) is 8.87. The second-order valence-electron chi connectivity index (χ2n) is 6.68. The number of ether oxygens (including phenoxy) is 1. The summed E-state index contributed by atoms with van der Waals surface area (Å²) in [5, 5.41) is 3.00. The van der Waals surface area contributed by atoms with Crippen LogP contribution in [0.4, 0.5) is 4.39 Å². The van der Waals surface area contributed by atoms with E-state index in [1.165, 1.54) is 48.2 Å². The fraction of sp³-hybridized carbons (Fsp3) is 0.381. The fourth-order valence-electron chi connectivity index (χ4n) is 3.21. The van der Waals surface area contributed by atoms with Crippen molar-refractivity contribution in [2.24, 2.45) is 0 Å². The molecule has 0 aromatic heterocycles. The summed E-state index contributed by atoms with van der Waals surface area (Å²) in [6.45, 7) is 3.67. The van der Waals surface area contributed by atoms with Gasteiger partial charge < -0.3 is 10.1 Å². The second kappa shape index (κ2) is 7.68. The maximum Gasteiger partial charge on any atom is 0.261 e. The molecule has 1 aliphatic rings. The third-order valence-electron chi connectivity index (χ3n) is 4.73. The first-order valence-electron chi connectivity index (χ1n) is 8.87. The molecule has 1 aliphatic carbocycles. The molecule has 0 heterocycles. The van der Waals surface area contributed by atoms with Gasteiger partial charge in [0.15, 0.2) is 6.10 Å². The number of carbonyl (C=O) groups excluding carboxylic acids is 1. The van der Waals surface area contributed by atoms with Crippen LogP contribution in [0.2, 0.25) is 0 Å². The van der Waals surface area contributed by atoms with Crippen LogP contribution < -0.4 is 10.1 Å². The van der Waals surface area contributed by atoms with Gasteiger partial charge in [-0.3, -0.25) is 4.79 Å². The van der Waals surface area contributed by atoms with Crippen LogP contribution in [0.15, 0.2) is 42.5 Å². The molecule has 0 saturated heterocycles. The van der Waals surface area contributed by atoms with Gasteiger partial charge in [-0.25, -0.2) is 4.39 Å². The molecular formula is C21H24FNO2. The molecule has 3 nitrogen and oxygen atoms in total. The van der Waals surface area contributed by atoms with Crippen LogP contribution in [-0.4, -0.2) is 12.0 Å². The number of halogens is 1. The van der Waals surface area contributed by atoms with Crippen molar-refractivity contribution in [3.8, 4) is 5.75 Å². The summed E-state index contributed by atoms with van der Waals surface area (Å²) in [6, 6.07) is 12.1. The van der Waals surface area contributed by atoms with Crippen molar-refractivity contribution in [3.05, 3.63) is 65.0 Å². The van der Waals surface area contributed by atoms with E-state index in [9.17, 15) is 9.18 Å². The number of rotatable bonds is 5. The van der Waals surface area contributed by atoms with E-state index in [-0.39, 0.29) is 17.8 Å². The third kappa shape index (κ3) is 4.38. The minimum atomic E-state index is -0.648. The van der Waals surface area contributed by atoms with Crippen LogP contribution in [-0.2, 0) is 17.6 Å². The van der Waals surface area contributed by atoms with E-state index < -0.39 is 6.10 Å². The first-order chi connectivity index (χ1) is 12.0. The van der Waals surface area contributed by atoms with Gasteiger partial charge in [0, 0.05) is 0 Å². The van der Waals surface area contributed by atoms with E-state index in [2.05, 4.69) is 23.5 Å². The molecule has 132 valence electrons. The lowest BCUT2D eigenvalue weighted by atomic mass is 9.89. The Morgan fingerprint density at radius 1 is 1.04 bits per heavy atom. The molecule has 0 saturated carbocycles. The summed E-state index contributed by atoms with van der Waals surface area (Å²) in [5.74, 6) is -0.0366. The number of aryl methyl sites for hydroxylation is 2. The minimum absolute atomic E-state index is 0.0843. The van der Waals surface area contributed by atoms with E-state index in [4.69, 9.17) is 4.74 Å². The predicted octanol–water partition coefficient (Wildman–Crippen LogP) is 4.35. The molecule has 0 aliphatic heterocycles. The summed E-state index contributed by atoms with van der Waals surface area (Å²) < 4.78 is 18.5. The zero-order chi connectivity index (χ0) is 17.8. The van der Waals surface area contributed by atoms with Gasteiger partial charge in [0.1, 0.15) is 11.6 Å². The zero-order valence-electron chi connectivity index (χ0n) is 14.7. The molecule has 3 rings (SSSR count). The molecular weight excluding hydrogens is 317 g/mol. The van der Waals surface area contributed by atoms with Gasteiger partial charge in [0.2, 0.25) is 0 Å². The van der Waals surface area contributed by atoms with Crippen molar-refractivity contribution in [2.45, 2.75) is 51.7 Å². The molecule has 2 aromatic rings. The summed E-state index contributed by atoms with van der Waals surface area (Å²) in [5.41, 5.74) is 3.95.